The van der Waals surface area contributed by atoms with Gasteiger partial charge in [0.1, 0.15) is 17.7 Å². The van der Waals surface area contributed by atoms with Crippen molar-refractivity contribution >= 4 is 35.5 Å². The number of ketones is 1. The number of alkyl carbamates (subject to hydrolysis) is 1. The Labute approximate surface area is 272 Å². The summed E-state index contributed by atoms with van der Waals surface area (Å²) >= 11 is 0. The first-order valence-corrected chi connectivity index (χ1v) is 16.0. The van der Waals surface area contributed by atoms with E-state index in [0.717, 1.165) is 5.56 Å². The van der Waals surface area contributed by atoms with Crippen molar-refractivity contribution in [1.29, 1.82) is 0 Å². The van der Waals surface area contributed by atoms with Crippen molar-refractivity contribution in [3.8, 4) is 0 Å². The lowest BCUT2D eigenvalue weighted by Crippen LogP contribution is -2.60. The van der Waals surface area contributed by atoms with E-state index >= 15 is 0 Å². The van der Waals surface area contributed by atoms with Gasteiger partial charge in [-0.2, -0.15) is 0 Å². The van der Waals surface area contributed by atoms with Crippen LogP contribution in [-0.4, -0.2) is 77.2 Å². The molecule has 1 heterocycles. The summed E-state index contributed by atoms with van der Waals surface area (Å²) in [5.74, 6) is -3.35. The molecule has 1 aromatic carbocycles. The van der Waals surface area contributed by atoms with Crippen molar-refractivity contribution in [2.75, 3.05) is 13.1 Å². The average Bonchev–Trinajstić information content (AvgIpc) is 3.27. The van der Waals surface area contributed by atoms with E-state index in [-0.39, 0.29) is 30.2 Å². The van der Waals surface area contributed by atoms with Crippen molar-refractivity contribution in [1.82, 2.24) is 26.2 Å². The first-order valence-electron chi connectivity index (χ1n) is 16.0. The molecule has 0 spiro atoms. The predicted molar refractivity (Wildman–Crippen MR) is 172 cm³/mol. The lowest BCUT2D eigenvalue weighted by molar-refractivity contribution is -0.145. The molecule has 3 rings (SSSR count). The molecule has 0 bridgehead atoms. The Morgan fingerprint density at radius 1 is 0.957 bits per heavy atom. The van der Waals surface area contributed by atoms with Crippen LogP contribution in [0.25, 0.3) is 0 Å². The summed E-state index contributed by atoms with van der Waals surface area (Å²) in [5, 5.41) is 10.5. The van der Waals surface area contributed by atoms with Gasteiger partial charge in [0.05, 0.1) is 12.6 Å². The Hall–Kier alpha value is -3.96. The fraction of sp³-hybridized carbons (Fsp3) is 0.647. The third kappa shape index (κ3) is 9.07. The number of fused-ring (bicyclic) bond motifs is 1. The van der Waals surface area contributed by atoms with Crippen LogP contribution in [0.2, 0.25) is 0 Å². The topological polar surface area (TPSA) is 163 Å². The monoisotopic (exact) mass is 641 g/mol. The van der Waals surface area contributed by atoms with E-state index in [1.165, 1.54) is 4.90 Å². The molecule has 1 aliphatic carbocycles. The Bertz CT molecular complexity index is 1320. The number of rotatable bonds is 12. The zero-order chi connectivity index (χ0) is 34.6. The fourth-order valence-corrected chi connectivity index (χ4v) is 6.13. The van der Waals surface area contributed by atoms with Crippen LogP contribution in [0.1, 0.15) is 80.7 Å². The number of benzene rings is 1. The van der Waals surface area contributed by atoms with Gasteiger partial charge in [-0.15, -0.1) is 0 Å². The Morgan fingerprint density at radius 3 is 2.15 bits per heavy atom. The Balaban J connectivity index is 1.70. The van der Waals surface area contributed by atoms with E-state index in [9.17, 15) is 28.8 Å². The van der Waals surface area contributed by atoms with E-state index in [0.29, 0.717) is 13.0 Å². The molecule has 0 aromatic heterocycles. The minimum Gasteiger partial charge on any atom is -0.444 e. The molecule has 1 saturated carbocycles. The highest BCUT2D eigenvalue weighted by Gasteiger charge is 2.70. The number of hydrogen-bond donors (Lipinski definition) is 4. The molecular weight excluding hydrogens is 590 g/mol. The molecule has 2 aliphatic rings. The van der Waals surface area contributed by atoms with Gasteiger partial charge >= 0.3 is 6.09 Å². The highest BCUT2D eigenvalue weighted by molar-refractivity contribution is 6.38. The summed E-state index contributed by atoms with van der Waals surface area (Å²) in [4.78, 5) is 80.4. The molecule has 5 unspecified atom stereocenters. The van der Waals surface area contributed by atoms with Crippen LogP contribution >= 0.6 is 0 Å². The average molecular weight is 642 g/mol. The maximum Gasteiger partial charge on any atom is 0.408 e. The Kier molecular flexibility index (Phi) is 11.3. The number of nitrogens with one attached hydrogen (secondary N) is 4. The quantitative estimate of drug-likeness (QED) is 0.255. The second-order valence-electron chi connectivity index (χ2n) is 15.0. The zero-order valence-electron chi connectivity index (χ0n) is 28.6. The maximum atomic E-state index is 14.0. The highest BCUT2D eigenvalue weighted by atomic mass is 16.6. The van der Waals surface area contributed by atoms with Gasteiger partial charge in [0.15, 0.2) is 0 Å². The molecule has 4 N–H and O–H groups in total. The van der Waals surface area contributed by atoms with Crippen LogP contribution < -0.4 is 21.3 Å². The molecule has 5 amide bonds. The van der Waals surface area contributed by atoms with E-state index in [1.54, 1.807) is 20.8 Å². The number of carbonyl (C=O) groups is 6. The zero-order valence-corrected chi connectivity index (χ0v) is 28.6. The molecule has 2 fully saturated rings. The molecule has 254 valence electrons. The minimum atomic E-state index is -1.14. The lowest BCUT2D eigenvalue weighted by Gasteiger charge is -2.38. The summed E-state index contributed by atoms with van der Waals surface area (Å²) < 4.78 is 5.41. The third-order valence-corrected chi connectivity index (χ3v) is 8.71. The second kappa shape index (κ2) is 14.2. The van der Waals surface area contributed by atoms with Crippen LogP contribution in [-0.2, 0) is 35.3 Å². The van der Waals surface area contributed by atoms with Crippen LogP contribution in [0.3, 0.4) is 0 Å². The normalized spacial score (nSPS) is 21.2. The molecule has 5 atom stereocenters. The number of nitrogens with zero attached hydrogens (tertiary/aromatic N) is 1. The number of hydrogen-bond acceptors (Lipinski definition) is 7. The van der Waals surface area contributed by atoms with E-state index < -0.39 is 71.2 Å². The van der Waals surface area contributed by atoms with E-state index in [4.69, 9.17) is 4.74 Å². The lowest BCUT2D eigenvalue weighted by atomic mass is 9.85. The van der Waals surface area contributed by atoms with E-state index in [1.807, 2.05) is 71.9 Å². The molecule has 12 heteroatoms. The van der Waals surface area contributed by atoms with Crippen molar-refractivity contribution < 1.29 is 33.5 Å². The summed E-state index contributed by atoms with van der Waals surface area (Å²) in [6.07, 6.45) is -0.0424. The van der Waals surface area contributed by atoms with Crippen molar-refractivity contribution in [3.05, 3.63) is 35.9 Å². The van der Waals surface area contributed by atoms with Gasteiger partial charge in [-0.05, 0) is 55.4 Å². The number of ether oxygens (including phenoxy) is 1. The van der Waals surface area contributed by atoms with Gasteiger partial charge in [-0.1, -0.05) is 78.3 Å². The van der Waals surface area contributed by atoms with Gasteiger partial charge in [0.2, 0.25) is 23.5 Å². The number of Topliss-reactive ketones (excluding diaryl/α,β-unsaturated/α-hetero) is 1. The smallest absolute Gasteiger partial charge is 0.408 e. The van der Waals surface area contributed by atoms with Crippen LogP contribution in [0.5, 0.6) is 0 Å². The molecular formula is C34H51N5O7. The molecule has 12 nitrogen and oxygen atoms in total. The number of piperidine rings is 1. The molecule has 1 aliphatic heterocycles. The molecule has 46 heavy (non-hydrogen) atoms. The van der Waals surface area contributed by atoms with Crippen LogP contribution in [0.15, 0.2) is 30.3 Å². The summed E-state index contributed by atoms with van der Waals surface area (Å²) in [6, 6.07) is 6.25. The number of carbonyl (C=O) groups excluding carboxylic acids is 6. The van der Waals surface area contributed by atoms with Gasteiger partial charge < -0.3 is 30.9 Å². The van der Waals surface area contributed by atoms with Gasteiger partial charge in [-0.3, -0.25) is 24.0 Å². The fourth-order valence-electron chi connectivity index (χ4n) is 6.13. The van der Waals surface area contributed by atoms with Gasteiger partial charge in [-0.25, -0.2) is 4.79 Å². The first-order chi connectivity index (χ1) is 21.3. The predicted octanol–water partition coefficient (Wildman–Crippen LogP) is 2.70. The van der Waals surface area contributed by atoms with Crippen LogP contribution in [0.4, 0.5) is 4.79 Å². The van der Waals surface area contributed by atoms with Crippen molar-refractivity contribution in [2.24, 2.45) is 22.7 Å². The van der Waals surface area contributed by atoms with Crippen molar-refractivity contribution in [2.45, 2.75) is 105 Å². The molecule has 0 radical (unpaired) electrons. The maximum absolute atomic E-state index is 14.0. The third-order valence-electron chi connectivity index (χ3n) is 8.71. The first kappa shape index (κ1) is 36.5. The summed E-state index contributed by atoms with van der Waals surface area (Å²) in [6.45, 7) is 16.7. The molecule has 1 saturated heterocycles. The van der Waals surface area contributed by atoms with E-state index in [2.05, 4.69) is 21.3 Å². The van der Waals surface area contributed by atoms with Crippen LogP contribution in [0, 0.1) is 22.7 Å². The SMILES string of the molecule is CCCC(NC(=O)C1C2C(CN1C(=O)C(NC(=O)OC(C)(C)C)C(C)(C)C)C2(C)C)C(=O)C(=O)NCC(=O)NCc1ccccc1. The number of likely N-dealkylation sites (tertiary alicyclic amines) is 1. The van der Waals surface area contributed by atoms with Crippen molar-refractivity contribution in [3.63, 3.8) is 0 Å². The minimum absolute atomic E-state index is 0.0624. The summed E-state index contributed by atoms with van der Waals surface area (Å²) in [7, 11) is 0. The summed E-state index contributed by atoms with van der Waals surface area (Å²) in [5.41, 5.74) is -0.789. The van der Waals surface area contributed by atoms with Gasteiger partial charge in [0, 0.05) is 13.1 Å². The standard InChI is InChI=1S/C34H51N5O7/c1-10-14-22(26(41)29(43)36-18-23(40)35-17-20-15-12-11-13-16-20)37-28(42)25-24-21(34(24,8)9)19-39(25)30(44)27(32(2,3)4)38-31(45)46-33(5,6)7/h11-13,15-16,21-22,24-25,27H,10,14,17-19H2,1-9H3,(H,35,40)(H,36,43)(H,37,42)(H,38,45). The largest absolute Gasteiger partial charge is 0.444 e. The highest BCUT2D eigenvalue weighted by Crippen LogP contribution is 2.65. The molecule has 1 aromatic rings. The van der Waals surface area contributed by atoms with Gasteiger partial charge in [0.25, 0.3) is 5.91 Å². The Morgan fingerprint density at radius 2 is 1.59 bits per heavy atom. The number of amides is 5. The second-order valence-corrected chi connectivity index (χ2v) is 15.0.